The molecule has 0 spiro atoms. The topological polar surface area (TPSA) is 55.9 Å². The van der Waals surface area contributed by atoms with Crippen molar-refractivity contribution in [1.29, 1.82) is 0 Å². The molecule has 19 heavy (non-hydrogen) atoms. The van der Waals surface area contributed by atoms with E-state index in [0.717, 1.165) is 4.47 Å². The Kier molecular flexibility index (Phi) is 4.57. The lowest BCUT2D eigenvalue weighted by Crippen LogP contribution is -2.31. The standard InChI is InChI=1S/C12H13BrClFN4/c1-2-19-12(10(14)6-17-19)11(18-16)8-5-7(15)3-4-9(8)13/h3-6,11,18H,2,16H2,1H3. The average Bonchev–Trinajstić information content (AvgIpc) is 2.76. The molecular formula is C12H13BrClFN4. The minimum Gasteiger partial charge on any atom is -0.271 e. The van der Waals surface area contributed by atoms with Crippen molar-refractivity contribution in [2.45, 2.75) is 19.5 Å². The molecule has 2 aromatic rings. The number of hydrogen-bond acceptors (Lipinski definition) is 3. The predicted molar refractivity (Wildman–Crippen MR) is 76.2 cm³/mol. The van der Waals surface area contributed by atoms with E-state index >= 15 is 0 Å². The van der Waals surface area contributed by atoms with Gasteiger partial charge in [0.15, 0.2) is 0 Å². The highest BCUT2D eigenvalue weighted by molar-refractivity contribution is 9.10. The van der Waals surface area contributed by atoms with Gasteiger partial charge in [-0.15, -0.1) is 0 Å². The first-order valence-electron chi connectivity index (χ1n) is 5.70. The van der Waals surface area contributed by atoms with Crippen molar-refractivity contribution < 1.29 is 4.39 Å². The van der Waals surface area contributed by atoms with Crippen molar-refractivity contribution in [1.82, 2.24) is 15.2 Å². The van der Waals surface area contributed by atoms with Crippen LogP contribution in [0.5, 0.6) is 0 Å². The zero-order valence-electron chi connectivity index (χ0n) is 10.2. The summed E-state index contributed by atoms with van der Waals surface area (Å²) in [6, 6.07) is 3.98. The normalized spacial score (nSPS) is 12.7. The molecule has 0 saturated carbocycles. The van der Waals surface area contributed by atoms with Crippen molar-refractivity contribution in [2.24, 2.45) is 5.84 Å². The molecule has 1 heterocycles. The van der Waals surface area contributed by atoms with Crippen LogP contribution < -0.4 is 11.3 Å². The predicted octanol–water partition coefficient (Wildman–Crippen LogP) is 3.01. The van der Waals surface area contributed by atoms with Gasteiger partial charge in [-0.05, 0) is 30.7 Å². The zero-order chi connectivity index (χ0) is 14.0. The summed E-state index contributed by atoms with van der Waals surface area (Å²) in [5, 5.41) is 4.65. The lowest BCUT2D eigenvalue weighted by Gasteiger charge is -2.19. The van der Waals surface area contributed by atoms with Crippen LogP contribution in [0.4, 0.5) is 4.39 Å². The van der Waals surface area contributed by atoms with E-state index in [1.807, 2.05) is 6.92 Å². The van der Waals surface area contributed by atoms with Crippen LogP contribution in [0, 0.1) is 5.82 Å². The van der Waals surface area contributed by atoms with Gasteiger partial charge in [-0.2, -0.15) is 5.10 Å². The van der Waals surface area contributed by atoms with Crippen LogP contribution in [0.2, 0.25) is 5.02 Å². The van der Waals surface area contributed by atoms with E-state index in [1.54, 1.807) is 16.9 Å². The van der Waals surface area contributed by atoms with E-state index < -0.39 is 6.04 Å². The van der Waals surface area contributed by atoms with Crippen LogP contribution in [0.3, 0.4) is 0 Å². The van der Waals surface area contributed by atoms with Crippen molar-refractivity contribution >= 4 is 27.5 Å². The molecule has 0 bridgehead atoms. The molecule has 0 aliphatic rings. The van der Waals surface area contributed by atoms with Gasteiger partial charge >= 0.3 is 0 Å². The van der Waals surface area contributed by atoms with Gasteiger partial charge in [-0.1, -0.05) is 27.5 Å². The van der Waals surface area contributed by atoms with Crippen LogP contribution in [-0.2, 0) is 6.54 Å². The summed E-state index contributed by atoms with van der Waals surface area (Å²) in [7, 11) is 0. The zero-order valence-corrected chi connectivity index (χ0v) is 12.5. The molecule has 0 aliphatic carbocycles. The summed E-state index contributed by atoms with van der Waals surface area (Å²) in [5.74, 6) is 5.28. The highest BCUT2D eigenvalue weighted by Crippen LogP contribution is 2.32. The Bertz CT molecular complexity index is 587. The number of hydrogen-bond donors (Lipinski definition) is 2. The summed E-state index contributed by atoms with van der Waals surface area (Å²) < 4.78 is 15.9. The fourth-order valence-electron chi connectivity index (χ4n) is 1.96. The Balaban J connectivity index is 2.56. The second-order valence-electron chi connectivity index (χ2n) is 3.96. The second-order valence-corrected chi connectivity index (χ2v) is 5.22. The lowest BCUT2D eigenvalue weighted by molar-refractivity contribution is 0.538. The minimum atomic E-state index is -0.444. The molecule has 1 unspecified atom stereocenters. The summed E-state index contributed by atoms with van der Waals surface area (Å²) >= 11 is 9.54. The molecule has 1 atom stereocenters. The molecule has 2 rings (SSSR count). The van der Waals surface area contributed by atoms with E-state index in [0.29, 0.717) is 22.8 Å². The average molecular weight is 348 g/mol. The molecule has 0 aliphatic heterocycles. The number of benzene rings is 1. The third kappa shape index (κ3) is 2.81. The molecule has 0 radical (unpaired) electrons. The number of halogens is 3. The first kappa shape index (κ1) is 14.5. The fraction of sp³-hybridized carbons (Fsp3) is 0.250. The van der Waals surface area contributed by atoms with Crippen LogP contribution >= 0.6 is 27.5 Å². The quantitative estimate of drug-likeness (QED) is 0.660. The molecule has 102 valence electrons. The van der Waals surface area contributed by atoms with Crippen molar-refractivity contribution in [3.63, 3.8) is 0 Å². The molecule has 1 aromatic carbocycles. The van der Waals surface area contributed by atoms with Gasteiger partial charge in [0, 0.05) is 11.0 Å². The van der Waals surface area contributed by atoms with Gasteiger partial charge in [-0.3, -0.25) is 10.5 Å². The van der Waals surface area contributed by atoms with Crippen LogP contribution in [0.15, 0.2) is 28.9 Å². The van der Waals surface area contributed by atoms with Gasteiger partial charge < -0.3 is 0 Å². The molecule has 4 nitrogen and oxygen atoms in total. The van der Waals surface area contributed by atoms with Crippen LogP contribution in [0.25, 0.3) is 0 Å². The Hall–Kier alpha value is -0.950. The van der Waals surface area contributed by atoms with Gasteiger partial charge in [0.25, 0.3) is 0 Å². The number of nitrogens with zero attached hydrogens (tertiary/aromatic N) is 2. The maximum Gasteiger partial charge on any atom is 0.123 e. The highest BCUT2D eigenvalue weighted by atomic mass is 79.9. The molecule has 0 saturated heterocycles. The molecule has 1 aromatic heterocycles. The molecular weight excluding hydrogens is 335 g/mol. The van der Waals surface area contributed by atoms with E-state index in [-0.39, 0.29) is 5.82 Å². The van der Waals surface area contributed by atoms with Gasteiger partial charge in [0.05, 0.1) is 23.0 Å². The van der Waals surface area contributed by atoms with E-state index in [1.165, 1.54) is 12.1 Å². The third-order valence-corrected chi connectivity index (χ3v) is 3.86. The highest BCUT2D eigenvalue weighted by Gasteiger charge is 2.23. The summed E-state index contributed by atoms with van der Waals surface area (Å²) in [5.41, 5.74) is 4.04. The number of hydrazine groups is 1. The maximum atomic E-state index is 13.4. The molecule has 0 amide bonds. The SMILES string of the molecule is CCn1ncc(Cl)c1C(NN)c1cc(F)ccc1Br. The Labute approximate surface area is 123 Å². The van der Waals surface area contributed by atoms with E-state index in [4.69, 9.17) is 17.4 Å². The lowest BCUT2D eigenvalue weighted by atomic mass is 10.0. The number of nitrogens with two attached hydrogens (primary N) is 1. The number of aromatic nitrogens is 2. The second kappa shape index (κ2) is 6.00. The fourth-order valence-corrected chi connectivity index (χ4v) is 2.69. The van der Waals surface area contributed by atoms with Gasteiger partial charge in [0.1, 0.15) is 5.82 Å². The number of aryl methyl sites for hydroxylation is 1. The Morgan fingerprint density at radius 3 is 2.95 bits per heavy atom. The molecule has 7 heteroatoms. The van der Waals surface area contributed by atoms with Crippen LogP contribution in [-0.4, -0.2) is 9.78 Å². The van der Waals surface area contributed by atoms with Crippen molar-refractivity contribution in [3.8, 4) is 0 Å². The first-order chi connectivity index (χ1) is 9.08. The van der Waals surface area contributed by atoms with Gasteiger partial charge in [0.2, 0.25) is 0 Å². The Morgan fingerprint density at radius 2 is 2.32 bits per heavy atom. The summed E-state index contributed by atoms with van der Waals surface area (Å²) in [4.78, 5) is 0. The Morgan fingerprint density at radius 1 is 1.58 bits per heavy atom. The number of nitrogens with one attached hydrogen (secondary N) is 1. The van der Waals surface area contributed by atoms with E-state index in [2.05, 4.69) is 26.5 Å². The third-order valence-electron chi connectivity index (χ3n) is 2.84. The number of rotatable bonds is 4. The summed E-state index contributed by atoms with van der Waals surface area (Å²) in [6.45, 7) is 2.59. The molecule has 0 fully saturated rings. The maximum absolute atomic E-state index is 13.4. The first-order valence-corrected chi connectivity index (χ1v) is 6.87. The van der Waals surface area contributed by atoms with Crippen molar-refractivity contribution in [2.75, 3.05) is 0 Å². The largest absolute Gasteiger partial charge is 0.271 e. The molecule has 3 N–H and O–H groups in total. The monoisotopic (exact) mass is 346 g/mol. The van der Waals surface area contributed by atoms with Crippen molar-refractivity contribution in [3.05, 3.63) is 51.0 Å². The minimum absolute atomic E-state index is 0.336. The smallest absolute Gasteiger partial charge is 0.123 e. The van der Waals surface area contributed by atoms with E-state index in [9.17, 15) is 4.39 Å². The van der Waals surface area contributed by atoms with Crippen LogP contribution in [0.1, 0.15) is 24.2 Å². The van der Waals surface area contributed by atoms with Gasteiger partial charge in [-0.25, -0.2) is 9.82 Å². The summed E-state index contributed by atoms with van der Waals surface area (Å²) in [6.07, 6.45) is 1.55.